The molecule has 1 spiro atoms. The minimum atomic E-state index is -3.00. The van der Waals surface area contributed by atoms with Gasteiger partial charge in [-0.15, -0.1) is 11.3 Å². The summed E-state index contributed by atoms with van der Waals surface area (Å²) in [7, 11) is -3.00. The van der Waals surface area contributed by atoms with Crippen molar-refractivity contribution in [3.05, 3.63) is 32.6 Å². The van der Waals surface area contributed by atoms with Crippen LogP contribution in [0.2, 0.25) is 4.34 Å². The van der Waals surface area contributed by atoms with Crippen molar-refractivity contribution >= 4 is 39.0 Å². The third kappa shape index (κ3) is 5.10. The second kappa shape index (κ2) is 8.90. The first kappa shape index (κ1) is 22.3. The van der Waals surface area contributed by atoms with Crippen molar-refractivity contribution in [1.82, 2.24) is 4.90 Å². The van der Waals surface area contributed by atoms with E-state index < -0.39 is 9.84 Å². The van der Waals surface area contributed by atoms with E-state index in [0.717, 1.165) is 48.9 Å². The maximum Gasteiger partial charge on any atom is 0.149 e. The van der Waals surface area contributed by atoms with E-state index in [9.17, 15) is 8.42 Å². The van der Waals surface area contributed by atoms with Crippen molar-refractivity contribution in [1.29, 1.82) is 0 Å². The highest BCUT2D eigenvalue weighted by Gasteiger charge is 2.49. The molecule has 166 valence electrons. The molecule has 1 aromatic heterocycles. The van der Waals surface area contributed by atoms with Gasteiger partial charge in [-0.3, -0.25) is 9.89 Å². The molecule has 2 unspecified atom stereocenters. The summed E-state index contributed by atoms with van der Waals surface area (Å²) >= 11 is 8.03. The fourth-order valence-corrected chi connectivity index (χ4v) is 6.62. The number of thiophene rings is 1. The fraction of sp³-hybridized carbons (Fsp3) is 0.667. The Morgan fingerprint density at radius 2 is 2.30 bits per heavy atom. The first-order valence-corrected chi connectivity index (χ1v) is 13.8. The van der Waals surface area contributed by atoms with Gasteiger partial charge in [-0.25, -0.2) is 8.42 Å². The Bertz CT molecular complexity index is 939. The van der Waals surface area contributed by atoms with Crippen LogP contribution in [0.1, 0.15) is 36.1 Å². The van der Waals surface area contributed by atoms with Gasteiger partial charge in [0, 0.05) is 36.5 Å². The minimum Gasteiger partial charge on any atom is -0.404 e. The number of likely N-dealkylation sites (tertiary alicyclic amines) is 1. The monoisotopic (exact) mass is 471 g/mol. The van der Waals surface area contributed by atoms with Crippen LogP contribution in [0, 0.1) is 5.92 Å². The Balaban J connectivity index is 1.45. The van der Waals surface area contributed by atoms with Crippen molar-refractivity contribution in [3.8, 4) is 0 Å². The lowest BCUT2D eigenvalue weighted by Crippen LogP contribution is -2.52. The molecular weight excluding hydrogens is 442 g/mol. The molecule has 1 aliphatic carbocycles. The molecule has 0 radical (unpaired) electrons. The first-order chi connectivity index (χ1) is 14.3. The van der Waals surface area contributed by atoms with Gasteiger partial charge in [-0.2, -0.15) is 0 Å². The van der Waals surface area contributed by atoms with E-state index in [4.69, 9.17) is 22.1 Å². The zero-order valence-corrected chi connectivity index (χ0v) is 19.7. The number of fused-ring (bicyclic) bond motifs is 2. The molecule has 0 aromatic carbocycles. The van der Waals surface area contributed by atoms with Crippen LogP contribution in [-0.4, -0.2) is 63.8 Å². The average molecular weight is 472 g/mol. The fourth-order valence-electron chi connectivity index (χ4n) is 4.70. The minimum absolute atomic E-state index is 0.0569. The lowest BCUT2D eigenvalue weighted by molar-refractivity contribution is -0.113. The Morgan fingerprint density at radius 3 is 3.00 bits per heavy atom. The maximum absolute atomic E-state index is 11.3. The third-order valence-electron chi connectivity index (χ3n) is 6.37. The predicted octanol–water partition coefficient (Wildman–Crippen LogP) is 3.00. The van der Waals surface area contributed by atoms with Crippen LogP contribution in [0.5, 0.6) is 0 Å². The van der Waals surface area contributed by atoms with Gasteiger partial charge < -0.3 is 10.5 Å². The highest BCUT2D eigenvalue weighted by molar-refractivity contribution is 7.90. The summed E-state index contributed by atoms with van der Waals surface area (Å²) in [6.45, 7) is 2.69. The number of sulfone groups is 1. The highest BCUT2D eigenvalue weighted by atomic mass is 35.5. The molecule has 2 atom stereocenters. The molecule has 30 heavy (non-hydrogen) atoms. The average Bonchev–Trinajstić information content (AvgIpc) is 3.46. The normalized spacial score (nSPS) is 28.3. The van der Waals surface area contributed by atoms with Crippen molar-refractivity contribution in [2.45, 2.75) is 43.7 Å². The predicted molar refractivity (Wildman–Crippen MR) is 123 cm³/mol. The van der Waals surface area contributed by atoms with Gasteiger partial charge in [0.2, 0.25) is 0 Å². The summed E-state index contributed by atoms with van der Waals surface area (Å²) in [5.41, 5.74) is 7.94. The zero-order chi connectivity index (χ0) is 21.4. The number of nitrogens with zero attached hydrogens (tertiary/aromatic N) is 2. The van der Waals surface area contributed by atoms with Crippen molar-refractivity contribution in [2.24, 2.45) is 16.6 Å². The van der Waals surface area contributed by atoms with E-state index in [2.05, 4.69) is 16.0 Å². The molecule has 6 nitrogen and oxygen atoms in total. The summed E-state index contributed by atoms with van der Waals surface area (Å²) in [5, 5.41) is 0. The van der Waals surface area contributed by atoms with Gasteiger partial charge in [0.25, 0.3) is 0 Å². The standard InChI is InChI=1S/C21H30ClN3O3S2/c1-30(26,27)9-6-24-13-15(12-23)14-25-7-5-21(11-18(25)16-2-3-16)20-17(4-8-28-21)10-19(22)29-20/h10,12-13,16,18H,2-9,11,14,23H2,1H3/b15-12+,24-13?. The number of nitrogens with two attached hydrogens (primary N) is 1. The highest BCUT2D eigenvalue weighted by Crippen LogP contribution is 2.51. The first-order valence-electron chi connectivity index (χ1n) is 10.5. The molecule has 0 amide bonds. The number of ether oxygens (including phenoxy) is 1. The molecule has 1 saturated heterocycles. The summed E-state index contributed by atoms with van der Waals surface area (Å²) in [5.74, 6) is 0.759. The summed E-state index contributed by atoms with van der Waals surface area (Å²) in [4.78, 5) is 8.12. The van der Waals surface area contributed by atoms with E-state index in [1.807, 2.05) is 0 Å². The van der Waals surface area contributed by atoms with E-state index in [0.29, 0.717) is 12.0 Å². The van der Waals surface area contributed by atoms with Crippen LogP contribution in [-0.2, 0) is 26.6 Å². The van der Waals surface area contributed by atoms with Crippen LogP contribution in [0.3, 0.4) is 0 Å². The van der Waals surface area contributed by atoms with Crippen molar-refractivity contribution in [2.75, 3.05) is 38.2 Å². The van der Waals surface area contributed by atoms with Crippen LogP contribution < -0.4 is 5.73 Å². The van der Waals surface area contributed by atoms with Gasteiger partial charge >= 0.3 is 0 Å². The van der Waals surface area contributed by atoms with Crippen LogP contribution in [0.4, 0.5) is 0 Å². The van der Waals surface area contributed by atoms with Crippen LogP contribution in [0.25, 0.3) is 0 Å². The molecule has 0 bridgehead atoms. The van der Waals surface area contributed by atoms with E-state index in [1.54, 1.807) is 23.8 Å². The lowest BCUT2D eigenvalue weighted by atomic mass is 9.80. The molecule has 9 heteroatoms. The number of aliphatic imine (C=N–C) groups is 1. The Morgan fingerprint density at radius 1 is 1.50 bits per heavy atom. The van der Waals surface area contributed by atoms with Crippen molar-refractivity contribution in [3.63, 3.8) is 0 Å². The summed E-state index contributed by atoms with van der Waals surface area (Å²) < 4.78 is 29.9. The lowest BCUT2D eigenvalue weighted by Gasteiger charge is -2.48. The number of halogens is 1. The Hall–Kier alpha value is -0.930. The number of hydrogen-bond acceptors (Lipinski definition) is 7. The van der Waals surface area contributed by atoms with Gasteiger partial charge in [0.05, 0.1) is 23.2 Å². The summed E-state index contributed by atoms with van der Waals surface area (Å²) in [6.07, 6.45) is 9.96. The van der Waals surface area contributed by atoms with Crippen LogP contribution >= 0.6 is 22.9 Å². The molecule has 1 aromatic rings. The summed E-state index contributed by atoms with van der Waals surface area (Å²) in [6, 6.07) is 2.57. The third-order valence-corrected chi connectivity index (χ3v) is 8.78. The maximum atomic E-state index is 11.3. The number of piperidine rings is 1. The Kier molecular flexibility index (Phi) is 6.61. The second-order valence-corrected chi connectivity index (χ2v) is 12.7. The number of hydrogen-bond donors (Lipinski definition) is 1. The zero-order valence-electron chi connectivity index (χ0n) is 17.3. The molecule has 3 aliphatic rings. The smallest absolute Gasteiger partial charge is 0.149 e. The quantitative estimate of drug-likeness (QED) is 0.618. The largest absolute Gasteiger partial charge is 0.404 e. The van der Waals surface area contributed by atoms with Crippen molar-refractivity contribution < 1.29 is 13.2 Å². The van der Waals surface area contributed by atoms with E-state index in [1.165, 1.54) is 29.5 Å². The molecule has 1 saturated carbocycles. The molecular formula is C21H30ClN3O3S2. The SMILES string of the molecule is CS(=O)(=O)CCN=C/C(=C\N)CN1CCC2(CC1C1CC1)OCCc1cc(Cl)sc12. The molecule has 3 heterocycles. The van der Waals surface area contributed by atoms with Gasteiger partial charge in [0.1, 0.15) is 15.4 Å². The van der Waals surface area contributed by atoms with E-state index in [-0.39, 0.29) is 17.9 Å². The van der Waals surface area contributed by atoms with Gasteiger partial charge in [0.15, 0.2) is 0 Å². The van der Waals surface area contributed by atoms with E-state index >= 15 is 0 Å². The molecule has 4 rings (SSSR count). The van der Waals surface area contributed by atoms with Gasteiger partial charge in [-0.1, -0.05) is 11.6 Å². The molecule has 2 aliphatic heterocycles. The second-order valence-electron chi connectivity index (χ2n) is 8.73. The molecule has 2 fully saturated rings. The topological polar surface area (TPSA) is 85.0 Å². The van der Waals surface area contributed by atoms with Gasteiger partial charge in [-0.05, 0) is 61.4 Å². The van der Waals surface area contributed by atoms with Crippen LogP contribution in [0.15, 0.2) is 22.8 Å². The molecule has 2 N–H and O–H groups in total. The Labute approximate surface area is 188 Å². The number of rotatable bonds is 7.